The third-order valence-electron chi connectivity index (χ3n) is 6.55. The van der Waals surface area contributed by atoms with E-state index < -0.39 is 0 Å². The van der Waals surface area contributed by atoms with E-state index in [0.717, 1.165) is 23.4 Å². The molecule has 0 radical (unpaired) electrons. The van der Waals surface area contributed by atoms with Crippen molar-refractivity contribution in [2.24, 2.45) is 13.0 Å². The first-order valence-electron chi connectivity index (χ1n) is 11.3. The number of aromatic nitrogens is 4. The third-order valence-corrected chi connectivity index (χ3v) is 6.55. The highest BCUT2D eigenvalue weighted by molar-refractivity contribution is 5.77. The maximum Gasteiger partial charge on any atom is 0.332 e. The molecule has 7 nitrogen and oxygen atoms in total. The second-order valence-electron chi connectivity index (χ2n) is 9.42. The Morgan fingerprint density at radius 2 is 1.70 bits per heavy atom. The standard InChI is InChI=1S/C26H29N5O2/c1-16-10-17(2)12-21(11-16)29-13-18(3)14-30-22-23(27-25(29)30)28(5)26(33)31(24(22)32)15-20-9-7-6-8-19(20)4/h6-12,18H,13-15H2,1-5H3/t18-/m1/s1. The maximum absolute atomic E-state index is 13.7. The lowest BCUT2D eigenvalue weighted by Gasteiger charge is -2.33. The second-order valence-corrected chi connectivity index (χ2v) is 9.42. The van der Waals surface area contributed by atoms with Crippen molar-refractivity contribution in [2.45, 2.75) is 40.8 Å². The monoisotopic (exact) mass is 443 g/mol. The molecule has 2 aromatic carbocycles. The Bertz CT molecular complexity index is 1490. The fourth-order valence-electron chi connectivity index (χ4n) is 4.93. The van der Waals surface area contributed by atoms with Gasteiger partial charge >= 0.3 is 5.69 Å². The van der Waals surface area contributed by atoms with E-state index >= 15 is 0 Å². The van der Waals surface area contributed by atoms with Crippen LogP contribution in [0.5, 0.6) is 0 Å². The van der Waals surface area contributed by atoms with Crippen molar-refractivity contribution in [1.82, 2.24) is 18.7 Å². The van der Waals surface area contributed by atoms with Gasteiger partial charge in [-0.1, -0.05) is 37.3 Å². The molecule has 1 aliphatic heterocycles. The van der Waals surface area contributed by atoms with Crippen LogP contribution in [0.15, 0.2) is 52.1 Å². The Morgan fingerprint density at radius 1 is 1.00 bits per heavy atom. The molecule has 3 heterocycles. The number of nitrogens with zero attached hydrogens (tertiary/aromatic N) is 5. The van der Waals surface area contributed by atoms with Gasteiger partial charge in [0.1, 0.15) is 0 Å². The van der Waals surface area contributed by atoms with Gasteiger partial charge in [0.15, 0.2) is 11.2 Å². The van der Waals surface area contributed by atoms with Crippen molar-refractivity contribution < 1.29 is 0 Å². The normalized spacial score (nSPS) is 15.8. The van der Waals surface area contributed by atoms with E-state index in [-0.39, 0.29) is 17.8 Å². The number of fused-ring (bicyclic) bond motifs is 3. The van der Waals surface area contributed by atoms with Gasteiger partial charge in [0, 0.05) is 25.8 Å². The number of anilines is 2. The molecule has 0 saturated carbocycles. The zero-order chi connectivity index (χ0) is 23.4. The molecule has 0 N–H and O–H groups in total. The molecule has 0 unspecified atom stereocenters. The Hall–Kier alpha value is -3.61. The summed E-state index contributed by atoms with van der Waals surface area (Å²) < 4.78 is 4.84. The quantitative estimate of drug-likeness (QED) is 0.485. The minimum Gasteiger partial charge on any atom is -0.312 e. The number of hydrogen-bond donors (Lipinski definition) is 0. The van der Waals surface area contributed by atoms with Crippen LogP contribution in [0.25, 0.3) is 11.2 Å². The van der Waals surface area contributed by atoms with Gasteiger partial charge in [-0.25, -0.2) is 4.79 Å². The first-order valence-corrected chi connectivity index (χ1v) is 11.3. The SMILES string of the molecule is Cc1cc(C)cc(N2C[C@@H](C)Cn3c2nc2c3c(=O)n(Cc3ccccc3C)c(=O)n2C)c1. The molecule has 0 fully saturated rings. The summed E-state index contributed by atoms with van der Waals surface area (Å²) in [5, 5.41) is 0. The Kier molecular flexibility index (Phi) is 5.00. The molecular weight excluding hydrogens is 414 g/mol. The highest BCUT2D eigenvalue weighted by Gasteiger charge is 2.30. The first-order chi connectivity index (χ1) is 15.7. The van der Waals surface area contributed by atoms with Gasteiger partial charge in [-0.3, -0.25) is 13.9 Å². The second kappa shape index (κ2) is 7.76. The van der Waals surface area contributed by atoms with E-state index in [1.165, 1.54) is 20.3 Å². The van der Waals surface area contributed by atoms with Gasteiger partial charge in [-0.15, -0.1) is 0 Å². The lowest BCUT2D eigenvalue weighted by atomic mass is 10.1. The minimum atomic E-state index is -0.350. The van der Waals surface area contributed by atoms with E-state index in [2.05, 4.69) is 43.9 Å². The number of rotatable bonds is 3. The molecule has 0 saturated heterocycles. The summed E-state index contributed by atoms with van der Waals surface area (Å²) in [6, 6.07) is 14.3. The Labute approximate surface area is 192 Å². The number of benzene rings is 2. The van der Waals surface area contributed by atoms with Crippen LogP contribution in [0.2, 0.25) is 0 Å². The molecule has 0 aliphatic carbocycles. The number of aryl methyl sites for hydroxylation is 4. The Morgan fingerprint density at radius 3 is 2.39 bits per heavy atom. The van der Waals surface area contributed by atoms with Crippen molar-refractivity contribution in [3.05, 3.63) is 85.6 Å². The van der Waals surface area contributed by atoms with E-state index in [1.807, 2.05) is 35.8 Å². The molecule has 5 rings (SSSR count). The topological polar surface area (TPSA) is 65.1 Å². The van der Waals surface area contributed by atoms with Crippen LogP contribution >= 0.6 is 0 Å². The highest BCUT2D eigenvalue weighted by atomic mass is 16.2. The fraction of sp³-hybridized carbons (Fsp3) is 0.346. The predicted molar refractivity (Wildman–Crippen MR) is 132 cm³/mol. The van der Waals surface area contributed by atoms with Gasteiger partial charge in [-0.05, 0) is 61.1 Å². The summed E-state index contributed by atoms with van der Waals surface area (Å²) in [6.45, 7) is 10.1. The molecular formula is C26H29N5O2. The zero-order valence-electron chi connectivity index (χ0n) is 19.8. The molecule has 7 heteroatoms. The molecule has 0 amide bonds. The summed E-state index contributed by atoms with van der Waals surface area (Å²) in [7, 11) is 1.70. The predicted octanol–water partition coefficient (Wildman–Crippen LogP) is 3.66. The molecule has 0 spiro atoms. The summed E-state index contributed by atoms with van der Waals surface area (Å²) in [5.74, 6) is 1.03. The number of imidazole rings is 1. The van der Waals surface area contributed by atoms with Crippen LogP contribution in [0.4, 0.5) is 11.6 Å². The molecule has 1 atom stereocenters. The Balaban J connectivity index is 1.74. The maximum atomic E-state index is 13.7. The summed E-state index contributed by atoms with van der Waals surface area (Å²) in [4.78, 5) is 33.9. The van der Waals surface area contributed by atoms with Crippen molar-refractivity contribution >= 4 is 22.8 Å². The van der Waals surface area contributed by atoms with E-state index in [4.69, 9.17) is 4.98 Å². The average Bonchev–Trinajstić information content (AvgIpc) is 3.14. The fourth-order valence-corrected chi connectivity index (χ4v) is 4.93. The first kappa shape index (κ1) is 21.2. The average molecular weight is 444 g/mol. The zero-order valence-corrected chi connectivity index (χ0v) is 19.8. The lowest BCUT2D eigenvalue weighted by molar-refractivity contribution is 0.458. The van der Waals surface area contributed by atoms with Crippen LogP contribution in [0.1, 0.15) is 29.2 Å². The minimum absolute atomic E-state index is 0.241. The van der Waals surface area contributed by atoms with Gasteiger partial charge in [0.05, 0.1) is 6.54 Å². The van der Waals surface area contributed by atoms with Crippen molar-refractivity contribution in [2.75, 3.05) is 11.4 Å². The van der Waals surface area contributed by atoms with Crippen molar-refractivity contribution in [1.29, 1.82) is 0 Å². The molecule has 2 aromatic heterocycles. The molecule has 170 valence electrons. The van der Waals surface area contributed by atoms with Crippen LogP contribution in [0.3, 0.4) is 0 Å². The van der Waals surface area contributed by atoms with Gasteiger partial charge in [-0.2, -0.15) is 4.98 Å². The van der Waals surface area contributed by atoms with E-state index in [9.17, 15) is 9.59 Å². The summed E-state index contributed by atoms with van der Waals surface area (Å²) in [5.41, 5.74) is 5.71. The van der Waals surface area contributed by atoms with Crippen LogP contribution in [0, 0.1) is 26.7 Å². The van der Waals surface area contributed by atoms with Gasteiger partial charge in [0.2, 0.25) is 5.95 Å². The largest absolute Gasteiger partial charge is 0.332 e. The van der Waals surface area contributed by atoms with Gasteiger partial charge in [0.25, 0.3) is 5.56 Å². The highest BCUT2D eigenvalue weighted by Crippen LogP contribution is 2.33. The summed E-state index contributed by atoms with van der Waals surface area (Å²) in [6.07, 6.45) is 0. The lowest BCUT2D eigenvalue weighted by Crippen LogP contribution is -2.40. The van der Waals surface area contributed by atoms with Crippen molar-refractivity contribution in [3.63, 3.8) is 0 Å². The van der Waals surface area contributed by atoms with E-state index in [0.29, 0.717) is 29.6 Å². The van der Waals surface area contributed by atoms with Crippen molar-refractivity contribution in [3.8, 4) is 0 Å². The van der Waals surface area contributed by atoms with Crippen LogP contribution in [-0.4, -0.2) is 25.2 Å². The van der Waals surface area contributed by atoms with Crippen LogP contribution < -0.4 is 16.1 Å². The van der Waals surface area contributed by atoms with Crippen LogP contribution in [-0.2, 0) is 20.1 Å². The molecule has 4 aromatic rings. The molecule has 0 bridgehead atoms. The summed E-state index contributed by atoms with van der Waals surface area (Å²) >= 11 is 0. The third kappa shape index (κ3) is 3.48. The van der Waals surface area contributed by atoms with E-state index in [1.54, 1.807) is 7.05 Å². The van der Waals surface area contributed by atoms with Gasteiger partial charge < -0.3 is 9.47 Å². The smallest absolute Gasteiger partial charge is 0.312 e. The molecule has 1 aliphatic rings. The molecule has 33 heavy (non-hydrogen) atoms. The number of hydrogen-bond acceptors (Lipinski definition) is 4.